The van der Waals surface area contributed by atoms with Crippen LogP contribution in [0.25, 0.3) is 17.1 Å². The molecule has 0 saturated carbocycles. The van der Waals surface area contributed by atoms with E-state index in [9.17, 15) is 4.57 Å². The monoisotopic (exact) mass is 461 g/mol. The Morgan fingerprint density at radius 3 is 2.91 bits per heavy atom. The molecule has 1 fully saturated rings. The fourth-order valence-corrected chi connectivity index (χ4v) is 6.24. The standard InChI is InChI=1S/C24H28N7OP/c1-33(2,32)12-4-17-14-27-23-19(17)13-18(15-28-23)22-24(6-11-31-20(24)3-7-29-31)5-10-30(22)16-21-25-8-9-26-21/h3-4,7-9,12-15,22H,5-6,10-11,16H2,1-2H3,(H,25,26)(H,27,28)/b12-4+. The maximum absolute atomic E-state index is 12.2. The van der Waals surface area contributed by atoms with Crippen molar-refractivity contribution in [2.24, 2.45) is 0 Å². The van der Waals surface area contributed by atoms with Gasteiger partial charge < -0.3 is 14.5 Å². The average molecular weight is 462 g/mol. The molecule has 2 aliphatic rings. The lowest BCUT2D eigenvalue weighted by atomic mass is 9.74. The minimum atomic E-state index is -2.25. The van der Waals surface area contributed by atoms with Gasteiger partial charge in [-0.2, -0.15) is 5.10 Å². The molecule has 170 valence electrons. The molecule has 6 rings (SSSR count). The van der Waals surface area contributed by atoms with Crippen LogP contribution in [0.3, 0.4) is 0 Å². The highest BCUT2D eigenvalue weighted by atomic mass is 31.2. The molecule has 6 heterocycles. The molecule has 4 aromatic heterocycles. The third-order valence-electron chi connectivity index (χ3n) is 7.15. The smallest absolute Gasteiger partial charge is 0.137 e. The van der Waals surface area contributed by atoms with Gasteiger partial charge in [-0.1, -0.05) is 0 Å². The summed E-state index contributed by atoms with van der Waals surface area (Å²) in [6.45, 7) is 6.26. The number of hydrogen-bond acceptors (Lipinski definition) is 5. The summed E-state index contributed by atoms with van der Waals surface area (Å²) in [6, 6.07) is 4.63. The summed E-state index contributed by atoms with van der Waals surface area (Å²) in [7, 11) is -2.25. The predicted molar refractivity (Wildman–Crippen MR) is 129 cm³/mol. The van der Waals surface area contributed by atoms with Gasteiger partial charge in [-0.15, -0.1) is 0 Å². The van der Waals surface area contributed by atoms with Crippen LogP contribution in [-0.2, 0) is 23.1 Å². The molecule has 2 aliphatic heterocycles. The first-order chi connectivity index (χ1) is 15.9. The quantitative estimate of drug-likeness (QED) is 0.431. The zero-order valence-corrected chi connectivity index (χ0v) is 19.8. The van der Waals surface area contributed by atoms with E-state index in [-0.39, 0.29) is 11.5 Å². The highest BCUT2D eigenvalue weighted by Crippen LogP contribution is 2.54. The van der Waals surface area contributed by atoms with Gasteiger partial charge in [0.15, 0.2) is 0 Å². The molecule has 0 radical (unpaired) electrons. The number of imidazole rings is 1. The third-order valence-corrected chi connectivity index (χ3v) is 8.02. The highest BCUT2D eigenvalue weighted by Gasteiger charge is 2.53. The summed E-state index contributed by atoms with van der Waals surface area (Å²) in [5.41, 5.74) is 4.40. The molecule has 8 nitrogen and oxygen atoms in total. The van der Waals surface area contributed by atoms with Crippen LogP contribution in [0, 0.1) is 0 Å². The second-order valence-electron chi connectivity index (χ2n) is 9.66. The number of likely N-dealkylation sites (tertiary alicyclic amines) is 1. The maximum Gasteiger partial charge on any atom is 0.137 e. The summed E-state index contributed by atoms with van der Waals surface area (Å²) in [4.78, 5) is 18.3. The summed E-state index contributed by atoms with van der Waals surface area (Å²) in [5.74, 6) is 2.79. The number of nitrogens with zero attached hydrogens (tertiary/aromatic N) is 5. The van der Waals surface area contributed by atoms with Crippen LogP contribution in [0.5, 0.6) is 0 Å². The normalized spacial score (nSPS) is 23.4. The lowest BCUT2D eigenvalue weighted by Gasteiger charge is -2.35. The zero-order chi connectivity index (χ0) is 22.6. The molecule has 9 heteroatoms. The van der Waals surface area contributed by atoms with E-state index in [1.165, 1.54) is 11.3 Å². The lowest BCUT2D eigenvalue weighted by Crippen LogP contribution is -2.34. The van der Waals surface area contributed by atoms with Gasteiger partial charge in [0.25, 0.3) is 0 Å². The summed E-state index contributed by atoms with van der Waals surface area (Å²) in [5, 5.41) is 5.63. The molecule has 0 amide bonds. The number of aryl methyl sites for hydroxylation is 1. The minimum Gasteiger partial charge on any atom is -0.348 e. The van der Waals surface area contributed by atoms with Gasteiger partial charge in [0.05, 0.1) is 6.54 Å². The van der Waals surface area contributed by atoms with E-state index in [0.717, 1.165) is 54.9 Å². The van der Waals surface area contributed by atoms with Crippen molar-refractivity contribution in [3.8, 4) is 0 Å². The first kappa shape index (κ1) is 20.6. The second-order valence-corrected chi connectivity index (χ2v) is 12.8. The van der Waals surface area contributed by atoms with Gasteiger partial charge in [-0.25, -0.2) is 9.97 Å². The third kappa shape index (κ3) is 3.49. The maximum atomic E-state index is 12.2. The largest absolute Gasteiger partial charge is 0.348 e. The van der Waals surface area contributed by atoms with Crippen molar-refractivity contribution in [3.63, 3.8) is 0 Å². The summed E-state index contributed by atoms with van der Waals surface area (Å²) < 4.78 is 14.4. The number of hydrogen-bond donors (Lipinski definition) is 2. The second kappa shape index (κ2) is 7.54. The van der Waals surface area contributed by atoms with Gasteiger partial charge in [-0.3, -0.25) is 9.58 Å². The molecular weight excluding hydrogens is 433 g/mol. The van der Waals surface area contributed by atoms with Crippen molar-refractivity contribution in [3.05, 3.63) is 71.6 Å². The van der Waals surface area contributed by atoms with E-state index in [2.05, 4.69) is 41.8 Å². The molecule has 4 aromatic rings. The topological polar surface area (TPSA) is 95.5 Å². The zero-order valence-electron chi connectivity index (χ0n) is 18.9. The van der Waals surface area contributed by atoms with Crippen LogP contribution in [0.1, 0.15) is 41.5 Å². The molecule has 0 aliphatic carbocycles. The van der Waals surface area contributed by atoms with Crippen molar-refractivity contribution in [1.29, 1.82) is 0 Å². The highest BCUT2D eigenvalue weighted by molar-refractivity contribution is 7.65. The van der Waals surface area contributed by atoms with Crippen molar-refractivity contribution in [1.82, 2.24) is 34.6 Å². The Kier molecular flexibility index (Phi) is 4.71. The van der Waals surface area contributed by atoms with Gasteiger partial charge in [-0.05, 0) is 55.8 Å². The minimum absolute atomic E-state index is 0.00724. The fourth-order valence-electron chi connectivity index (χ4n) is 5.72. The van der Waals surface area contributed by atoms with Crippen molar-refractivity contribution >= 4 is 24.3 Å². The van der Waals surface area contributed by atoms with E-state index in [4.69, 9.17) is 4.98 Å². The fraction of sp³-hybridized carbons (Fsp3) is 0.375. The Labute approximate surface area is 192 Å². The van der Waals surface area contributed by atoms with Gasteiger partial charge in [0.1, 0.15) is 18.6 Å². The Morgan fingerprint density at radius 2 is 2.09 bits per heavy atom. The lowest BCUT2D eigenvalue weighted by molar-refractivity contribution is 0.195. The number of fused-ring (bicyclic) bond motifs is 3. The Hall–Kier alpha value is -2.96. The number of nitrogens with one attached hydrogen (secondary N) is 2. The number of pyridine rings is 1. The van der Waals surface area contributed by atoms with E-state index >= 15 is 0 Å². The van der Waals surface area contributed by atoms with E-state index in [1.807, 2.05) is 42.9 Å². The first-order valence-corrected chi connectivity index (χ1v) is 14.1. The van der Waals surface area contributed by atoms with Gasteiger partial charge in [0.2, 0.25) is 0 Å². The van der Waals surface area contributed by atoms with Crippen LogP contribution in [0.2, 0.25) is 0 Å². The van der Waals surface area contributed by atoms with Crippen LogP contribution in [0.4, 0.5) is 0 Å². The molecule has 2 unspecified atom stereocenters. The van der Waals surface area contributed by atoms with Crippen LogP contribution in [0.15, 0.2) is 48.9 Å². The SMILES string of the molecule is CP(C)(=O)/C=C/c1c[nH]c2ncc(C3N(Cc4ncc[nH]4)CCC34CCn3nccc34)cc12. The summed E-state index contributed by atoms with van der Waals surface area (Å²) in [6.07, 6.45) is 13.7. The van der Waals surface area contributed by atoms with Crippen LogP contribution >= 0.6 is 7.14 Å². The van der Waals surface area contributed by atoms with E-state index in [1.54, 1.807) is 13.3 Å². The van der Waals surface area contributed by atoms with Crippen LogP contribution < -0.4 is 0 Å². The molecule has 2 N–H and O–H groups in total. The van der Waals surface area contributed by atoms with Gasteiger partial charge >= 0.3 is 0 Å². The Bertz CT molecular complexity index is 1380. The van der Waals surface area contributed by atoms with Crippen molar-refractivity contribution in [2.45, 2.75) is 37.4 Å². The Morgan fingerprint density at radius 1 is 1.21 bits per heavy atom. The number of H-pyrrole nitrogens is 2. The molecule has 1 spiro atoms. The number of aromatic nitrogens is 6. The molecule has 1 saturated heterocycles. The molecule has 2 atom stereocenters. The summed E-state index contributed by atoms with van der Waals surface area (Å²) >= 11 is 0. The molecular formula is C24H28N7OP. The van der Waals surface area contributed by atoms with E-state index < -0.39 is 7.14 Å². The molecule has 0 aromatic carbocycles. The first-order valence-electron chi connectivity index (χ1n) is 11.4. The number of aromatic amines is 2. The van der Waals surface area contributed by atoms with Crippen molar-refractivity contribution in [2.75, 3.05) is 19.9 Å². The molecule has 33 heavy (non-hydrogen) atoms. The number of rotatable bonds is 5. The van der Waals surface area contributed by atoms with Gasteiger partial charge in [0, 0.05) is 72.2 Å². The average Bonchev–Trinajstić information content (AvgIpc) is 3.58. The van der Waals surface area contributed by atoms with Crippen LogP contribution in [-0.4, -0.2) is 54.5 Å². The Balaban J connectivity index is 1.46. The van der Waals surface area contributed by atoms with Crippen molar-refractivity contribution < 1.29 is 4.57 Å². The van der Waals surface area contributed by atoms with E-state index in [0.29, 0.717) is 0 Å². The molecule has 0 bridgehead atoms. The predicted octanol–water partition coefficient (Wildman–Crippen LogP) is 4.36.